The van der Waals surface area contributed by atoms with E-state index in [4.69, 9.17) is 0 Å². The summed E-state index contributed by atoms with van der Waals surface area (Å²) in [6.45, 7) is 10.1. The van der Waals surface area contributed by atoms with Gasteiger partial charge in [0.1, 0.15) is 5.57 Å². The molecule has 2 aromatic carbocycles. The van der Waals surface area contributed by atoms with Crippen LogP contribution in [0.5, 0.6) is 0 Å². The molecular weight excluding hydrogens is 482 g/mol. The third kappa shape index (κ3) is 3.91. The van der Waals surface area contributed by atoms with Crippen molar-refractivity contribution in [2.24, 2.45) is 0 Å². The summed E-state index contributed by atoms with van der Waals surface area (Å²) < 4.78 is 0.835. The first-order valence-electron chi connectivity index (χ1n) is 10.7. The number of carbonyl (C=O) groups excluding carboxylic acids is 3. The summed E-state index contributed by atoms with van der Waals surface area (Å²) in [5.74, 6) is -1.34. The largest absolute Gasteiger partial charge is 0.365 e. The molecule has 0 unspecified atom stereocenters. The number of imide groups is 2. The minimum Gasteiger partial charge on any atom is -0.365 e. The number of allylic oxidation sites excluding steroid dienone is 1. The highest BCUT2D eigenvalue weighted by molar-refractivity contribution is 9.10. The Morgan fingerprint density at radius 3 is 2.33 bits per heavy atom. The molecular formula is C26H26BrN3O3. The van der Waals surface area contributed by atoms with E-state index in [1.165, 1.54) is 0 Å². The molecule has 33 heavy (non-hydrogen) atoms. The number of likely N-dealkylation sites (N-methyl/N-ethyl adjacent to an activating group) is 1. The van der Waals surface area contributed by atoms with E-state index in [1.807, 2.05) is 19.1 Å². The van der Waals surface area contributed by atoms with Crippen LogP contribution in [-0.2, 0) is 9.59 Å². The number of nitrogens with one attached hydrogen (secondary N) is 1. The molecule has 0 radical (unpaired) electrons. The van der Waals surface area contributed by atoms with Gasteiger partial charge in [-0.25, -0.2) is 9.69 Å². The third-order valence-corrected chi connectivity index (χ3v) is 6.90. The lowest BCUT2D eigenvalue weighted by molar-refractivity contribution is -0.122. The second kappa shape index (κ2) is 7.99. The summed E-state index contributed by atoms with van der Waals surface area (Å²) in [6, 6.07) is 8.58. The highest BCUT2D eigenvalue weighted by Gasteiger charge is 2.37. The van der Waals surface area contributed by atoms with Crippen LogP contribution in [0, 0.1) is 13.8 Å². The van der Waals surface area contributed by atoms with Crippen molar-refractivity contribution in [3.63, 3.8) is 0 Å². The lowest BCUT2D eigenvalue weighted by atomic mass is 9.87. The van der Waals surface area contributed by atoms with Gasteiger partial charge in [0.25, 0.3) is 11.8 Å². The Kier molecular flexibility index (Phi) is 5.56. The first-order valence-corrected chi connectivity index (χ1v) is 11.5. The number of hydrogen-bond acceptors (Lipinski definition) is 4. The normalized spacial score (nSPS) is 18.9. The summed E-state index contributed by atoms with van der Waals surface area (Å²) in [4.78, 5) is 41.8. The van der Waals surface area contributed by atoms with Crippen LogP contribution in [0.25, 0.3) is 11.6 Å². The Labute approximate surface area is 202 Å². The van der Waals surface area contributed by atoms with Gasteiger partial charge >= 0.3 is 6.03 Å². The summed E-state index contributed by atoms with van der Waals surface area (Å²) in [6.07, 6.45) is 3.78. The maximum atomic E-state index is 13.3. The fraction of sp³-hybridized carbons (Fsp3) is 0.269. The van der Waals surface area contributed by atoms with Gasteiger partial charge in [-0.05, 0) is 93.3 Å². The minimum absolute atomic E-state index is 0.0777. The van der Waals surface area contributed by atoms with E-state index in [0.29, 0.717) is 5.69 Å². The summed E-state index contributed by atoms with van der Waals surface area (Å²) in [5, 5.41) is 2.31. The van der Waals surface area contributed by atoms with Crippen molar-refractivity contribution in [3.8, 4) is 0 Å². The van der Waals surface area contributed by atoms with E-state index in [-0.39, 0.29) is 11.1 Å². The Hall–Kier alpha value is -3.19. The van der Waals surface area contributed by atoms with Crippen molar-refractivity contribution < 1.29 is 14.4 Å². The van der Waals surface area contributed by atoms with Crippen LogP contribution in [0.4, 0.5) is 16.2 Å². The van der Waals surface area contributed by atoms with E-state index < -0.39 is 17.8 Å². The molecule has 1 saturated heterocycles. The summed E-state index contributed by atoms with van der Waals surface area (Å²) in [7, 11) is 2.06. The fourth-order valence-corrected chi connectivity index (χ4v) is 4.85. The molecule has 2 aromatic rings. The highest BCUT2D eigenvalue weighted by atomic mass is 79.9. The molecule has 2 aliphatic heterocycles. The van der Waals surface area contributed by atoms with Gasteiger partial charge in [-0.1, -0.05) is 22.0 Å². The van der Waals surface area contributed by atoms with E-state index in [1.54, 1.807) is 25.1 Å². The number of carbonyl (C=O) groups is 3. The molecule has 0 atom stereocenters. The van der Waals surface area contributed by atoms with Crippen molar-refractivity contribution in [1.82, 2.24) is 5.32 Å². The molecule has 1 fully saturated rings. The zero-order valence-corrected chi connectivity index (χ0v) is 21.1. The number of urea groups is 1. The zero-order chi connectivity index (χ0) is 24.2. The van der Waals surface area contributed by atoms with E-state index in [0.717, 1.165) is 42.9 Å². The highest BCUT2D eigenvalue weighted by Crippen LogP contribution is 2.39. The van der Waals surface area contributed by atoms with E-state index in [9.17, 15) is 14.4 Å². The van der Waals surface area contributed by atoms with Gasteiger partial charge in [-0.2, -0.15) is 0 Å². The predicted octanol–water partition coefficient (Wildman–Crippen LogP) is 5.36. The maximum Gasteiger partial charge on any atom is 0.335 e. The van der Waals surface area contributed by atoms with Gasteiger partial charge in [0.05, 0.1) is 11.2 Å². The van der Waals surface area contributed by atoms with Gasteiger partial charge in [0, 0.05) is 22.8 Å². The SMILES string of the molecule is CC1=CC(C)(C)N(C)c2cc(C)c(/C=C3/C(=O)NC(=O)N(c4ccc(Br)cc4C)C3=O)cc21. The molecule has 4 amide bonds. The molecule has 0 spiro atoms. The second-order valence-electron chi connectivity index (χ2n) is 9.15. The molecule has 6 nitrogen and oxygen atoms in total. The van der Waals surface area contributed by atoms with Crippen molar-refractivity contribution in [2.45, 2.75) is 40.2 Å². The molecule has 4 rings (SSSR count). The Bertz CT molecular complexity index is 1290. The Morgan fingerprint density at radius 1 is 0.970 bits per heavy atom. The number of hydrogen-bond donors (Lipinski definition) is 1. The van der Waals surface area contributed by atoms with Crippen LogP contribution >= 0.6 is 15.9 Å². The van der Waals surface area contributed by atoms with Gasteiger partial charge in [-0.3, -0.25) is 14.9 Å². The van der Waals surface area contributed by atoms with Gasteiger partial charge in [0.15, 0.2) is 0 Å². The number of halogens is 1. The number of fused-ring (bicyclic) bond motifs is 1. The molecule has 0 saturated carbocycles. The molecule has 2 aliphatic rings. The smallest absolute Gasteiger partial charge is 0.335 e. The zero-order valence-electron chi connectivity index (χ0n) is 19.5. The molecule has 0 aromatic heterocycles. The molecule has 2 heterocycles. The van der Waals surface area contributed by atoms with Crippen molar-refractivity contribution >= 4 is 56.8 Å². The van der Waals surface area contributed by atoms with Crippen LogP contribution < -0.4 is 15.1 Å². The second-order valence-corrected chi connectivity index (χ2v) is 10.1. The Balaban J connectivity index is 1.80. The average molecular weight is 508 g/mol. The third-order valence-electron chi connectivity index (χ3n) is 6.41. The van der Waals surface area contributed by atoms with Crippen LogP contribution in [0.15, 0.2) is 46.5 Å². The molecule has 170 valence electrons. The van der Waals surface area contributed by atoms with E-state index in [2.05, 4.69) is 66.1 Å². The first kappa shape index (κ1) is 23.0. The molecule has 0 bridgehead atoms. The number of barbiturate groups is 1. The van der Waals surface area contributed by atoms with Crippen LogP contribution in [0.3, 0.4) is 0 Å². The number of anilines is 2. The number of amides is 4. The number of benzene rings is 2. The summed E-state index contributed by atoms with van der Waals surface area (Å²) >= 11 is 3.39. The van der Waals surface area contributed by atoms with Gasteiger partial charge in [-0.15, -0.1) is 0 Å². The van der Waals surface area contributed by atoms with Crippen LogP contribution in [0.2, 0.25) is 0 Å². The Morgan fingerprint density at radius 2 is 1.67 bits per heavy atom. The summed E-state index contributed by atoms with van der Waals surface area (Å²) in [5.41, 5.74) is 5.95. The lowest BCUT2D eigenvalue weighted by Gasteiger charge is -2.41. The minimum atomic E-state index is -0.752. The standard InChI is InChI=1S/C26H26BrN3O3/c1-14-10-22-19(16(3)13-26(4,5)29(22)6)11-17(14)12-20-23(31)28-25(33)30(24(20)32)21-8-7-18(27)9-15(21)2/h7-13H,1-6H3,(H,28,31,33)/b20-12-. The van der Waals surface area contributed by atoms with Crippen LogP contribution in [0.1, 0.15) is 43.0 Å². The van der Waals surface area contributed by atoms with Crippen molar-refractivity contribution in [1.29, 1.82) is 0 Å². The molecule has 1 N–H and O–H groups in total. The lowest BCUT2D eigenvalue weighted by Crippen LogP contribution is -2.54. The number of rotatable bonds is 2. The predicted molar refractivity (Wildman–Crippen MR) is 135 cm³/mol. The monoisotopic (exact) mass is 507 g/mol. The maximum absolute atomic E-state index is 13.3. The average Bonchev–Trinajstić information content (AvgIpc) is 2.71. The number of aryl methyl sites for hydroxylation is 2. The van der Waals surface area contributed by atoms with Crippen molar-refractivity contribution in [2.75, 3.05) is 16.8 Å². The van der Waals surface area contributed by atoms with Gasteiger partial charge < -0.3 is 4.90 Å². The topological polar surface area (TPSA) is 69.7 Å². The first-order chi connectivity index (χ1) is 15.4. The molecule has 0 aliphatic carbocycles. The fourth-order valence-electron chi connectivity index (χ4n) is 4.37. The number of nitrogens with zero attached hydrogens (tertiary/aromatic N) is 2. The van der Waals surface area contributed by atoms with Crippen molar-refractivity contribution in [3.05, 3.63) is 68.7 Å². The quantitative estimate of drug-likeness (QED) is 0.438. The molecule has 7 heteroatoms. The van der Waals surface area contributed by atoms with Crippen LogP contribution in [-0.4, -0.2) is 30.4 Å². The van der Waals surface area contributed by atoms with E-state index >= 15 is 0 Å². The van der Waals surface area contributed by atoms with Gasteiger partial charge in [0.2, 0.25) is 0 Å².